The van der Waals surface area contributed by atoms with Crippen molar-refractivity contribution in [3.8, 4) is 11.5 Å². The van der Waals surface area contributed by atoms with Gasteiger partial charge in [-0.3, -0.25) is 4.40 Å². The summed E-state index contributed by atoms with van der Waals surface area (Å²) in [5, 5.41) is 18.5. The van der Waals surface area contributed by atoms with Gasteiger partial charge in [-0.1, -0.05) is 6.07 Å². The van der Waals surface area contributed by atoms with Gasteiger partial charge in [-0.25, -0.2) is 9.78 Å². The number of carboxylic acids is 1. The molecule has 1 aromatic carbocycles. The number of fused-ring (bicyclic) bond motifs is 1. The van der Waals surface area contributed by atoms with Crippen molar-refractivity contribution >= 4 is 11.5 Å². The smallest absolute Gasteiger partial charge is 0.356 e. The lowest BCUT2D eigenvalue weighted by atomic mass is 10.2. The number of aromatic nitrogens is 2. The lowest BCUT2D eigenvalue weighted by Crippen LogP contribution is -2.01. The molecule has 0 atom stereocenters. The van der Waals surface area contributed by atoms with Gasteiger partial charge in [0, 0.05) is 6.20 Å². The summed E-state index contributed by atoms with van der Waals surface area (Å²) < 4.78 is 7.32. The van der Waals surface area contributed by atoms with Crippen molar-refractivity contribution in [3.63, 3.8) is 0 Å². The molecule has 0 amide bonds. The Morgan fingerprint density at radius 1 is 1.23 bits per heavy atom. The zero-order valence-corrected chi connectivity index (χ0v) is 11.9. The average molecular weight is 298 g/mol. The molecule has 22 heavy (non-hydrogen) atoms. The molecule has 0 saturated heterocycles. The third kappa shape index (κ3) is 2.58. The fraction of sp³-hybridized carbons (Fsp3) is 0.125. The van der Waals surface area contributed by atoms with Crippen LogP contribution in [0, 0.1) is 6.92 Å². The van der Waals surface area contributed by atoms with E-state index < -0.39 is 5.97 Å². The van der Waals surface area contributed by atoms with Gasteiger partial charge in [0.05, 0.1) is 5.52 Å². The van der Waals surface area contributed by atoms with E-state index >= 15 is 0 Å². The number of aryl methyl sites for hydroxylation is 1. The van der Waals surface area contributed by atoms with Crippen LogP contribution < -0.4 is 4.74 Å². The van der Waals surface area contributed by atoms with Crippen molar-refractivity contribution in [1.29, 1.82) is 0 Å². The highest BCUT2D eigenvalue weighted by atomic mass is 16.5. The molecule has 3 rings (SSSR count). The number of nitrogens with zero attached hydrogens (tertiary/aromatic N) is 2. The van der Waals surface area contributed by atoms with Crippen LogP contribution in [-0.4, -0.2) is 25.6 Å². The number of phenols is 1. The van der Waals surface area contributed by atoms with Crippen molar-refractivity contribution in [2.75, 3.05) is 0 Å². The fourth-order valence-corrected chi connectivity index (χ4v) is 2.20. The minimum atomic E-state index is -1.07. The van der Waals surface area contributed by atoms with Crippen molar-refractivity contribution in [2.45, 2.75) is 13.5 Å². The van der Waals surface area contributed by atoms with Crippen LogP contribution in [0.15, 0.2) is 42.6 Å². The molecule has 0 spiro atoms. The lowest BCUT2D eigenvalue weighted by molar-refractivity contribution is 0.0693. The largest absolute Gasteiger partial charge is 0.508 e. The van der Waals surface area contributed by atoms with Crippen molar-refractivity contribution < 1.29 is 19.7 Å². The third-order valence-corrected chi connectivity index (χ3v) is 3.27. The summed E-state index contributed by atoms with van der Waals surface area (Å²) in [7, 11) is 0. The molecule has 2 N–H and O–H groups in total. The molecule has 3 aromatic rings. The molecule has 0 aliphatic carbocycles. The van der Waals surface area contributed by atoms with Gasteiger partial charge in [0.25, 0.3) is 0 Å². The minimum absolute atomic E-state index is 0.00399. The van der Waals surface area contributed by atoms with Gasteiger partial charge in [0.2, 0.25) is 0 Å². The maximum Gasteiger partial charge on any atom is 0.356 e. The van der Waals surface area contributed by atoms with E-state index in [9.17, 15) is 15.0 Å². The van der Waals surface area contributed by atoms with Gasteiger partial charge in [-0.15, -0.1) is 0 Å². The van der Waals surface area contributed by atoms with Gasteiger partial charge in [0.15, 0.2) is 11.5 Å². The molecule has 0 aliphatic heterocycles. The Hall–Kier alpha value is -3.02. The van der Waals surface area contributed by atoms with Gasteiger partial charge in [0.1, 0.15) is 18.1 Å². The monoisotopic (exact) mass is 298 g/mol. The summed E-state index contributed by atoms with van der Waals surface area (Å²) in [6.07, 6.45) is 1.82. The van der Waals surface area contributed by atoms with Gasteiger partial charge >= 0.3 is 5.97 Å². The van der Waals surface area contributed by atoms with E-state index in [2.05, 4.69) is 4.98 Å². The van der Waals surface area contributed by atoms with Crippen LogP contribution in [0.2, 0.25) is 0 Å². The third-order valence-electron chi connectivity index (χ3n) is 3.27. The summed E-state index contributed by atoms with van der Waals surface area (Å²) >= 11 is 0. The standard InChI is InChI=1S/C16H14N2O4/c1-10-2-7-13-15(16(20)21)17-14(18(13)8-10)9-22-12-5-3-11(19)4-6-12/h2-8,19H,9H2,1H3,(H,20,21). The molecule has 2 heterocycles. The van der Waals surface area contributed by atoms with Crippen molar-refractivity contribution in [3.05, 3.63) is 59.7 Å². The molecule has 112 valence electrons. The number of phenolic OH excluding ortho intramolecular Hbond substituents is 1. The molecule has 0 unspecified atom stereocenters. The predicted octanol–water partition coefficient (Wildman–Crippen LogP) is 2.63. The number of ether oxygens (including phenoxy) is 1. The van der Waals surface area contributed by atoms with E-state index in [1.54, 1.807) is 22.6 Å². The van der Waals surface area contributed by atoms with E-state index in [0.29, 0.717) is 17.1 Å². The maximum absolute atomic E-state index is 11.3. The minimum Gasteiger partial charge on any atom is -0.508 e. The van der Waals surface area contributed by atoms with Crippen LogP contribution in [0.3, 0.4) is 0 Å². The van der Waals surface area contributed by atoms with E-state index in [1.165, 1.54) is 12.1 Å². The number of carbonyl (C=O) groups is 1. The number of imidazole rings is 1. The first kappa shape index (κ1) is 13.9. The summed E-state index contributed by atoms with van der Waals surface area (Å²) in [4.78, 5) is 15.4. The second-order valence-electron chi connectivity index (χ2n) is 4.93. The molecule has 0 fully saturated rings. The van der Waals surface area contributed by atoms with Crippen molar-refractivity contribution in [1.82, 2.24) is 9.38 Å². The molecular formula is C16H14N2O4. The number of carboxylic acid groups (broad SMARTS) is 1. The van der Waals surface area contributed by atoms with E-state index in [4.69, 9.17) is 4.74 Å². The normalized spacial score (nSPS) is 10.8. The topological polar surface area (TPSA) is 84.1 Å². The average Bonchev–Trinajstić information content (AvgIpc) is 2.85. The first-order valence-electron chi connectivity index (χ1n) is 6.67. The Morgan fingerprint density at radius 3 is 2.64 bits per heavy atom. The number of hydrogen-bond donors (Lipinski definition) is 2. The van der Waals surface area contributed by atoms with Crippen molar-refractivity contribution in [2.24, 2.45) is 0 Å². The molecule has 6 heteroatoms. The molecule has 0 aliphatic rings. The second kappa shape index (κ2) is 5.40. The molecule has 0 saturated carbocycles. The second-order valence-corrected chi connectivity index (χ2v) is 4.93. The Labute approximate surface area is 126 Å². The summed E-state index contributed by atoms with van der Waals surface area (Å²) in [5.74, 6) is 0.155. The Kier molecular flexibility index (Phi) is 3.42. The van der Waals surface area contributed by atoms with Crippen LogP contribution in [0.1, 0.15) is 21.9 Å². The van der Waals surface area contributed by atoms with Gasteiger partial charge in [-0.05, 0) is 42.8 Å². The Bertz CT molecular complexity index is 837. The highest BCUT2D eigenvalue weighted by Crippen LogP contribution is 2.19. The zero-order chi connectivity index (χ0) is 15.7. The fourth-order valence-electron chi connectivity index (χ4n) is 2.20. The molecular weight excluding hydrogens is 284 g/mol. The first-order chi connectivity index (χ1) is 10.5. The van der Waals surface area contributed by atoms with Crippen LogP contribution >= 0.6 is 0 Å². The maximum atomic E-state index is 11.3. The molecule has 2 aromatic heterocycles. The Balaban J connectivity index is 1.94. The predicted molar refractivity (Wildman–Crippen MR) is 79.3 cm³/mol. The van der Waals surface area contributed by atoms with Crippen LogP contribution in [-0.2, 0) is 6.61 Å². The number of aromatic hydroxyl groups is 1. The quantitative estimate of drug-likeness (QED) is 0.773. The van der Waals surface area contributed by atoms with E-state index in [0.717, 1.165) is 5.56 Å². The van der Waals surface area contributed by atoms with E-state index in [1.807, 2.05) is 19.2 Å². The van der Waals surface area contributed by atoms with Gasteiger partial charge in [-0.2, -0.15) is 0 Å². The molecule has 0 bridgehead atoms. The summed E-state index contributed by atoms with van der Waals surface area (Å²) in [6, 6.07) is 9.88. The number of rotatable bonds is 4. The first-order valence-corrected chi connectivity index (χ1v) is 6.67. The van der Waals surface area contributed by atoms with E-state index in [-0.39, 0.29) is 18.1 Å². The number of aromatic carboxylic acids is 1. The van der Waals surface area contributed by atoms with Crippen LogP contribution in [0.5, 0.6) is 11.5 Å². The van der Waals surface area contributed by atoms with Crippen LogP contribution in [0.4, 0.5) is 0 Å². The molecule has 0 radical (unpaired) electrons. The number of pyridine rings is 1. The van der Waals surface area contributed by atoms with Gasteiger partial charge < -0.3 is 14.9 Å². The highest BCUT2D eigenvalue weighted by Gasteiger charge is 2.16. The SMILES string of the molecule is Cc1ccc2c(C(=O)O)nc(COc3ccc(O)cc3)n2c1. The summed E-state index contributed by atoms with van der Waals surface area (Å²) in [6.45, 7) is 2.05. The zero-order valence-electron chi connectivity index (χ0n) is 11.9. The number of benzene rings is 1. The number of hydrogen-bond acceptors (Lipinski definition) is 4. The molecule has 6 nitrogen and oxygen atoms in total. The highest BCUT2D eigenvalue weighted by molar-refractivity contribution is 5.93. The summed E-state index contributed by atoms with van der Waals surface area (Å²) in [5.41, 5.74) is 1.53. The lowest BCUT2D eigenvalue weighted by Gasteiger charge is -2.06. The van der Waals surface area contributed by atoms with Crippen LogP contribution in [0.25, 0.3) is 5.52 Å². The Morgan fingerprint density at radius 2 is 1.95 bits per heavy atom.